The van der Waals surface area contributed by atoms with Crippen LogP contribution >= 0.6 is 0 Å². The van der Waals surface area contributed by atoms with Gasteiger partial charge in [-0.1, -0.05) is 33.6 Å². The number of methoxy groups -OCH3 is 1. The van der Waals surface area contributed by atoms with E-state index < -0.39 is 5.82 Å². The van der Waals surface area contributed by atoms with Gasteiger partial charge in [0.15, 0.2) is 11.5 Å². The predicted octanol–water partition coefficient (Wildman–Crippen LogP) is 3.90. The molecular weight excluding hydrogens is 195 g/mol. The number of halogens is 1. The van der Waals surface area contributed by atoms with Gasteiger partial charge >= 0.3 is 0 Å². The number of unbranched alkanes of at least 4 members (excludes halogenated alkanes) is 1. The van der Waals surface area contributed by atoms with E-state index in [1.54, 1.807) is 0 Å². The second kappa shape index (κ2) is 4.69. The van der Waals surface area contributed by atoms with Crippen LogP contribution in [0.2, 0.25) is 0 Å². The van der Waals surface area contributed by atoms with Crippen LogP contribution in [0.3, 0.4) is 0 Å². The van der Waals surface area contributed by atoms with Crippen LogP contribution in [0.25, 0.3) is 0 Å². The number of furan rings is 1. The van der Waals surface area contributed by atoms with Gasteiger partial charge in [-0.05, 0) is 6.42 Å². The van der Waals surface area contributed by atoms with E-state index in [0.29, 0.717) is 5.76 Å². The Morgan fingerprint density at radius 3 is 2.67 bits per heavy atom. The zero-order chi connectivity index (χ0) is 11.5. The Kier molecular flexibility index (Phi) is 3.77. The van der Waals surface area contributed by atoms with Crippen molar-refractivity contribution in [1.82, 2.24) is 0 Å². The molecule has 0 amide bonds. The smallest absolute Gasteiger partial charge is 0.203 e. The zero-order valence-electron chi connectivity index (χ0n) is 9.89. The molecule has 0 aliphatic rings. The van der Waals surface area contributed by atoms with E-state index >= 15 is 0 Å². The highest BCUT2D eigenvalue weighted by Gasteiger charge is 2.29. The van der Waals surface area contributed by atoms with Gasteiger partial charge in [-0.3, -0.25) is 0 Å². The van der Waals surface area contributed by atoms with Gasteiger partial charge in [0, 0.05) is 5.41 Å². The van der Waals surface area contributed by atoms with Crippen LogP contribution in [0.15, 0.2) is 10.7 Å². The molecule has 0 aliphatic heterocycles. The van der Waals surface area contributed by atoms with Gasteiger partial charge in [-0.2, -0.15) is 4.39 Å². The molecule has 1 aromatic rings. The summed E-state index contributed by atoms with van der Waals surface area (Å²) in [6.07, 6.45) is 4.29. The van der Waals surface area contributed by atoms with Crippen LogP contribution < -0.4 is 4.74 Å². The molecule has 2 nitrogen and oxygen atoms in total. The summed E-state index contributed by atoms with van der Waals surface area (Å²) in [6, 6.07) is 0. The van der Waals surface area contributed by atoms with Crippen molar-refractivity contribution in [3.63, 3.8) is 0 Å². The zero-order valence-corrected chi connectivity index (χ0v) is 9.89. The lowest BCUT2D eigenvalue weighted by Crippen LogP contribution is -2.17. The van der Waals surface area contributed by atoms with Crippen LogP contribution in [0, 0.1) is 5.82 Å². The average molecular weight is 214 g/mol. The van der Waals surface area contributed by atoms with Gasteiger partial charge in [0.2, 0.25) is 5.82 Å². The third kappa shape index (κ3) is 2.52. The Morgan fingerprint density at radius 2 is 2.13 bits per heavy atom. The lowest BCUT2D eigenvalue weighted by molar-refractivity contribution is 0.319. The molecule has 86 valence electrons. The minimum absolute atomic E-state index is 0.175. The van der Waals surface area contributed by atoms with E-state index in [9.17, 15) is 4.39 Å². The molecular formula is C12H19FO2. The lowest BCUT2D eigenvalue weighted by atomic mass is 9.84. The van der Waals surface area contributed by atoms with Crippen molar-refractivity contribution in [2.45, 2.75) is 45.4 Å². The molecule has 15 heavy (non-hydrogen) atoms. The molecule has 1 aromatic heterocycles. The number of hydrogen-bond donors (Lipinski definition) is 0. The molecule has 0 unspecified atom stereocenters. The average Bonchev–Trinajstić information content (AvgIpc) is 2.57. The Hall–Kier alpha value is -0.990. The first-order valence-electron chi connectivity index (χ1n) is 5.34. The van der Waals surface area contributed by atoms with Crippen molar-refractivity contribution < 1.29 is 13.5 Å². The largest absolute Gasteiger partial charge is 0.490 e. The summed E-state index contributed by atoms with van der Waals surface area (Å²) in [7, 11) is 1.47. The first-order chi connectivity index (χ1) is 7.03. The van der Waals surface area contributed by atoms with Gasteiger partial charge in [-0.15, -0.1) is 0 Å². The SMILES string of the molecule is CCCCC(C)(C)c1occ(F)c1OC. The summed E-state index contributed by atoms with van der Waals surface area (Å²) >= 11 is 0. The molecule has 0 saturated carbocycles. The molecule has 0 N–H and O–H groups in total. The quantitative estimate of drug-likeness (QED) is 0.741. The van der Waals surface area contributed by atoms with E-state index in [2.05, 4.69) is 6.92 Å². The van der Waals surface area contributed by atoms with Crippen molar-refractivity contribution in [3.8, 4) is 5.75 Å². The summed E-state index contributed by atoms with van der Waals surface area (Å²) in [5.41, 5.74) is -0.175. The van der Waals surface area contributed by atoms with Gasteiger partial charge < -0.3 is 9.15 Å². The molecule has 0 aliphatic carbocycles. The summed E-state index contributed by atoms with van der Waals surface area (Å²) in [5.74, 6) is 0.434. The predicted molar refractivity (Wildman–Crippen MR) is 57.8 cm³/mol. The van der Waals surface area contributed by atoms with Crippen LogP contribution in [-0.4, -0.2) is 7.11 Å². The normalized spacial score (nSPS) is 11.8. The topological polar surface area (TPSA) is 22.4 Å². The van der Waals surface area contributed by atoms with Crippen molar-refractivity contribution in [2.75, 3.05) is 7.11 Å². The van der Waals surface area contributed by atoms with Crippen LogP contribution in [-0.2, 0) is 5.41 Å². The minimum atomic E-state index is -0.419. The van der Waals surface area contributed by atoms with E-state index in [-0.39, 0.29) is 11.2 Å². The standard InChI is InChI=1S/C12H19FO2/c1-5-6-7-12(2,3)11-10(14-4)9(13)8-15-11/h8H,5-7H2,1-4H3. The monoisotopic (exact) mass is 214 g/mol. The second-order valence-electron chi connectivity index (χ2n) is 4.43. The molecule has 1 heterocycles. The molecule has 0 saturated heterocycles. The highest BCUT2D eigenvalue weighted by molar-refractivity contribution is 5.32. The van der Waals surface area contributed by atoms with E-state index in [0.717, 1.165) is 25.5 Å². The summed E-state index contributed by atoms with van der Waals surface area (Å²) in [6.45, 7) is 6.23. The molecule has 0 aromatic carbocycles. The molecule has 0 atom stereocenters. The van der Waals surface area contributed by atoms with Crippen molar-refractivity contribution >= 4 is 0 Å². The fourth-order valence-electron chi connectivity index (χ4n) is 1.72. The van der Waals surface area contributed by atoms with Gasteiger partial charge in [0.1, 0.15) is 6.26 Å². The highest BCUT2D eigenvalue weighted by atomic mass is 19.1. The Balaban J connectivity index is 2.93. The summed E-state index contributed by atoms with van der Waals surface area (Å²) < 4.78 is 23.5. The van der Waals surface area contributed by atoms with Crippen molar-refractivity contribution in [1.29, 1.82) is 0 Å². The number of hydrogen-bond acceptors (Lipinski definition) is 2. The van der Waals surface area contributed by atoms with E-state index in [4.69, 9.17) is 9.15 Å². The summed E-state index contributed by atoms with van der Waals surface area (Å²) in [4.78, 5) is 0. The molecule has 0 fully saturated rings. The van der Waals surface area contributed by atoms with Crippen LogP contribution in [0.4, 0.5) is 4.39 Å². The minimum Gasteiger partial charge on any atom is -0.490 e. The van der Waals surface area contributed by atoms with Crippen molar-refractivity contribution in [3.05, 3.63) is 17.8 Å². The summed E-state index contributed by atoms with van der Waals surface area (Å²) in [5, 5.41) is 0. The maximum absolute atomic E-state index is 13.2. The van der Waals surface area contributed by atoms with Crippen molar-refractivity contribution in [2.24, 2.45) is 0 Å². The first kappa shape index (κ1) is 12.1. The molecule has 0 spiro atoms. The molecule has 1 rings (SSSR count). The van der Waals surface area contributed by atoms with Gasteiger partial charge in [0.05, 0.1) is 7.11 Å². The van der Waals surface area contributed by atoms with E-state index in [1.165, 1.54) is 7.11 Å². The molecule has 3 heteroatoms. The maximum Gasteiger partial charge on any atom is 0.203 e. The Labute approximate surface area is 90.4 Å². The van der Waals surface area contributed by atoms with Gasteiger partial charge in [-0.25, -0.2) is 0 Å². The fourth-order valence-corrected chi connectivity index (χ4v) is 1.72. The second-order valence-corrected chi connectivity index (χ2v) is 4.43. The fraction of sp³-hybridized carbons (Fsp3) is 0.667. The van der Waals surface area contributed by atoms with Crippen LogP contribution in [0.5, 0.6) is 5.75 Å². The first-order valence-corrected chi connectivity index (χ1v) is 5.34. The molecule has 0 radical (unpaired) electrons. The lowest BCUT2D eigenvalue weighted by Gasteiger charge is -2.22. The Bertz CT molecular complexity index is 315. The molecule has 0 bridgehead atoms. The maximum atomic E-state index is 13.2. The third-order valence-electron chi connectivity index (χ3n) is 2.68. The third-order valence-corrected chi connectivity index (χ3v) is 2.68. The van der Waals surface area contributed by atoms with Crippen LogP contribution in [0.1, 0.15) is 45.8 Å². The highest BCUT2D eigenvalue weighted by Crippen LogP contribution is 2.38. The number of rotatable bonds is 5. The van der Waals surface area contributed by atoms with Gasteiger partial charge in [0.25, 0.3) is 0 Å². The number of ether oxygens (including phenoxy) is 1. The Morgan fingerprint density at radius 1 is 1.47 bits per heavy atom. The van der Waals surface area contributed by atoms with E-state index in [1.807, 2.05) is 13.8 Å².